The van der Waals surface area contributed by atoms with Gasteiger partial charge in [-0.1, -0.05) is 41.7 Å². The first-order chi connectivity index (χ1) is 14.6. The summed E-state index contributed by atoms with van der Waals surface area (Å²) in [4.78, 5) is 31.6. The molecule has 5 rings (SSSR count). The zero-order valence-corrected chi connectivity index (χ0v) is 18.4. The first-order valence-electron chi connectivity index (χ1n) is 10.8. The van der Waals surface area contributed by atoms with Crippen LogP contribution in [0.15, 0.2) is 30.3 Å². The van der Waals surface area contributed by atoms with Gasteiger partial charge in [0.05, 0.1) is 16.4 Å². The number of nitrogens with zero attached hydrogens (tertiary/aromatic N) is 5. The van der Waals surface area contributed by atoms with Crippen molar-refractivity contribution in [2.24, 2.45) is 0 Å². The van der Waals surface area contributed by atoms with E-state index >= 15 is 0 Å². The molecule has 1 aliphatic heterocycles. The maximum atomic E-state index is 13.0. The summed E-state index contributed by atoms with van der Waals surface area (Å²) in [6.07, 6.45) is 5.70. The Balaban J connectivity index is 1.39. The highest BCUT2D eigenvalue weighted by atomic mass is 32.1. The van der Waals surface area contributed by atoms with E-state index in [-0.39, 0.29) is 6.04 Å². The summed E-state index contributed by atoms with van der Waals surface area (Å²) in [6.45, 7) is 0.883. The van der Waals surface area contributed by atoms with Crippen LogP contribution in [0.3, 0.4) is 0 Å². The fraction of sp³-hybridized carbons (Fsp3) is 0.478. The third-order valence-electron chi connectivity index (χ3n) is 5.99. The number of carbonyl (C=O) groups is 1. The Morgan fingerprint density at radius 2 is 1.93 bits per heavy atom. The van der Waals surface area contributed by atoms with Gasteiger partial charge in [-0.15, -0.1) is 0 Å². The van der Waals surface area contributed by atoms with Crippen molar-refractivity contribution < 1.29 is 4.79 Å². The minimum Gasteiger partial charge on any atom is -0.347 e. The number of benzene rings is 1. The fourth-order valence-corrected chi connectivity index (χ4v) is 5.34. The number of Topliss-reactive ketones (excluding diaryl/α,β-unsaturated/α-hetero) is 1. The Labute approximate surface area is 181 Å². The number of aryl methyl sites for hydroxylation is 1. The Hall–Kier alpha value is -2.54. The smallest absolute Gasteiger partial charge is 0.227 e. The first-order valence-corrected chi connectivity index (χ1v) is 11.6. The molecule has 7 heteroatoms. The fourth-order valence-electron chi connectivity index (χ4n) is 4.19. The molecule has 1 saturated carbocycles. The number of hydrogen-bond donors (Lipinski definition) is 0. The molecule has 2 aromatic heterocycles. The van der Waals surface area contributed by atoms with Crippen LogP contribution in [0.4, 0.5) is 11.1 Å². The van der Waals surface area contributed by atoms with Crippen LogP contribution in [0.2, 0.25) is 0 Å². The van der Waals surface area contributed by atoms with Gasteiger partial charge in [-0.2, -0.15) is 9.97 Å². The monoisotopic (exact) mass is 421 g/mol. The standard InChI is InChI=1S/C23H27N5OS/c1-27(2)22-24-19(16-11-12-16)20-21(25-22)26-23(30-20)28-14-6-9-17(28)18(29)13-10-15-7-4-3-5-8-15/h3-5,7-8,16-17H,6,9-14H2,1-2H3/t17-/m1/s1. The molecular formula is C23H27N5OS. The molecule has 6 nitrogen and oxygen atoms in total. The highest BCUT2D eigenvalue weighted by molar-refractivity contribution is 7.22. The lowest BCUT2D eigenvalue weighted by atomic mass is 10.0. The Kier molecular flexibility index (Phi) is 5.15. The van der Waals surface area contributed by atoms with Crippen LogP contribution >= 0.6 is 11.3 Å². The Morgan fingerprint density at radius 3 is 2.67 bits per heavy atom. The number of anilines is 2. The van der Waals surface area contributed by atoms with Gasteiger partial charge in [-0.3, -0.25) is 4.79 Å². The van der Waals surface area contributed by atoms with Crippen molar-refractivity contribution in [3.63, 3.8) is 0 Å². The molecule has 156 valence electrons. The molecule has 1 atom stereocenters. The molecule has 0 N–H and O–H groups in total. The van der Waals surface area contributed by atoms with Gasteiger partial charge in [-0.05, 0) is 37.7 Å². The maximum absolute atomic E-state index is 13.0. The lowest BCUT2D eigenvalue weighted by molar-refractivity contribution is -0.120. The van der Waals surface area contributed by atoms with Crippen LogP contribution in [0, 0.1) is 0 Å². The first kappa shape index (κ1) is 19.4. The zero-order chi connectivity index (χ0) is 20.7. The van der Waals surface area contributed by atoms with Gasteiger partial charge in [0.15, 0.2) is 16.6 Å². The third kappa shape index (κ3) is 3.78. The Bertz CT molecular complexity index is 1060. The van der Waals surface area contributed by atoms with Gasteiger partial charge in [0, 0.05) is 33.0 Å². The minimum atomic E-state index is -0.0695. The summed E-state index contributed by atoms with van der Waals surface area (Å²) < 4.78 is 1.10. The second kappa shape index (κ2) is 7.95. The number of hydrogen-bond acceptors (Lipinski definition) is 7. The number of ketones is 1. The van der Waals surface area contributed by atoms with Gasteiger partial charge >= 0.3 is 0 Å². The molecule has 2 aliphatic rings. The summed E-state index contributed by atoms with van der Waals surface area (Å²) in [5, 5.41) is 0.924. The molecule has 1 saturated heterocycles. The van der Waals surface area contributed by atoms with Crippen LogP contribution in [0.25, 0.3) is 10.3 Å². The summed E-state index contributed by atoms with van der Waals surface area (Å²) in [5.74, 6) is 1.57. The molecule has 0 radical (unpaired) electrons. The molecule has 0 bridgehead atoms. The molecule has 0 amide bonds. The molecule has 2 fully saturated rings. The number of carbonyl (C=O) groups excluding carboxylic acids is 1. The van der Waals surface area contributed by atoms with Crippen LogP contribution in [-0.4, -0.2) is 47.4 Å². The van der Waals surface area contributed by atoms with Gasteiger partial charge < -0.3 is 9.80 Å². The molecule has 0 spiro atoms. The topological polar surface area (TPSA) is 62.2 Å². The van der Waals surface area contributed by atoms with Crippen molar-refractivity contribution in [2.75, 3.05) is 30.4 Å². The highest BCUT2D eigenvalue weighted by Crippen LogP contribution is 2.45. The normalized spacial score (nSPS) is 18.9. The Morgan fingerprint density at radius 1 is 1.13 bits per heavy atom. The average molecular weight is 422 g/mol. The van der Waals surface area contributed by atoms with Crippen LogP contribution < -0.4 is 9.80 Å². The number of rotatable bonds is 7. The van der Waals surface area contributed by atoms with Crippen molar-refractivity contribution in [2.45, 2.75) is 50.5 Å². The third-order valence-corrected chi connectivity index (χ3v) is 7.10. The van der Waals surface area contributed by atoms with E-state index in [1.54, 1.807) is 11.3 Å². The van der Waals surface area contributed by atoms with Gasteiger partial charge in [-0.25, -0.2) is 4.98 Å². The van der Waals surface area contributed by atoms with E-state index in [1.807, 2.05) is 37.2 Å². The lowest BCUT2D eigenvalue weighted by Gasteiger charge is -2.22. The minimum absolute atomic E-state index is 0.0695. The van der Waals surface area contributed by atoms with Crippen molar-refractivity contribution in [1.29, 1.82) is 0 Å². The summed E-state index contributed by atoms with van der Waals surface area (Å²) >= 11 is 1.66. The average Bonchev–Trinajstić information content (AvgIpc) is 3.32. The number of thiazole rings is 1. The predicted octanol–water partition coefficient (Wildman–Crippen LogP) is 4.20. The predicted molar refractivity (Wildman–Crippen MR) is 122 cm³/mol. The maximum Gasteiger partial charge on any atom is 0.227 e. The van der Waals surface area contributed by atoms with E-state index in [2.05, 4.69) is 22.0 Å². The van der Waals surface area contributed by atoms with Gasteiger partial charge in [0.25, 0.3) is 0 Å². The lowest BCUT2D eigenvalue weighted by Crippen LogP contribution is -2.36. The van der Waals surface area contributed by atoms with Gasteiger partial charge in [0.1, 0.15) is 0 Å². The molecular weight excluding hydrogens is 394 g/mol. The zero-order valence-electron chi connectivity index (χ0n) is 17.5. The summed E-state index contributed by atoms with van der Waals surface area (Å²) in [6, 6.07) is 10.2. The highest BCUT2D eigenvalue weighted by Gasteiger charge is 2.34. The van der Waals surface area contributed by atoms with E-state index in [0.717, 1.165) is 52.9 Å². The molecule has 3 heterocycles. The van der Waals surface area contributed by atoms with Crippen molar-refractivity contribution >= 4 is 38.5 Å². The van der Waals surface area contributed by atoms with Crippen LogP contribution in [-0.2, 0) is 11.2 Å². The molecule has 3 aromatic rings. The van der Waals surface area contributed by atoms with Crippen LogP contribution in [0.1, 0.15) is 49.3 Å². The van der Waals surface area contributed by atoms with Crippen LogP contribution in [0.5, 0.6) is 0 Å². The van der Waals surface area contributed by atoms with Crippen molar-refractivity contribution in [1.82, 2.24) is 15.0 Å². The molecule has 30 heavy (non-hydrogen) atoms. The quantitative estimate of drug-likeness (QED) is 0.570. The van der Waals surface area contributed by atoms with E-state index in [9.17, 15) is 4.79 Å². The largest absolute Gasteiger partial charge is 0.347 e. The van der Waals surface area contributed by atoms with Crippen molar-refractivity contribution in [3.05, 3.63) is 41.6 Å². The summed E-state index contributed by atoms with van der Waals surface area (Å²) in [5.41, 5.74) is 3.13. The number of aromatic nitrogens is 3. The second-order valence-electron chi connectivity index (χ2n) is 8.53. The molecule has 1 aromatic carbocycles. The SMILES string of the molecule is CN(C)c1nc(C2CC2)c2sc(N3CCC[C@@H]3C(=O)CCc3ccccc3)nc2n1. The summed E-state index contributed by atoms with van der Waals surface area (Å²) in [7, 11) is 3.93. The van der Waals surface area contributed by atoms with Crippen molar-refractivity contribution in [3.8, 4) is 0 Å². The molecule has 0 unspecified atom stereocenters. The number of fused-ring (bicyclic) bond motifs is 1. The van der Waals surface area contributed by atoms with E-state index in [0.29, 0.717) is 18.1 Å². The van der Waals surface area contributed by atoms with E-state index < -0.39 is 0 Å². The second-order valence-corrected chi connectivity index (χ2v) is 9.51. The molecule has 1 aliphatic carbocycles. The van der Waals surface area contributed by atoms with E-state index in [1.165, 1.54) is 18.4 Å². The van der Waals surface area contributed by atoms with Gasteiger partial charge in [0.2, 0.25) is 5.95 Å². The van der Waals surface area contributed by atoms with E-state index in [4.69, 9.17) is 9.97 Å².